The van der Waals surface area contributed by atoms with Crippen molar-refractivity contribution in [3.63, 3.8) is 0 Å². The molecule has 0 aromatic rings. The number of hydrogen-bond acceptors (Lipinski definition) is 4. The molecule has 1 saturated heterocycles. The van der Waals surface area contributed by atoms with Crippen molar-refractivity contribution < 1.29 is 19.1 Å². The van der Waals surface area contributed by atoms with Gasteiger partial charge in [0.25, 0.3) is 5.79 Å². The fraction of sp³-hybridized carbons (Fsp3) is 0.882. The second-order valence-corrected chi connectivity index (χ2v) is 8.73. The molecule has 0 radical (unpaired) electrons. The van der Waals surface area contributed by atoms with Gasteiger partial charge < -0.3 is 9.47 Å². The first-order valence-corrected chi connectivity index (χ1v) is 8.44. The topological polar surface area (TPSA) is 52.6 Å². The van der Waals surface area contributed by atoms with E-state index in [1.165, 1.54) is 12.8 Å². The molecule has 0 amide bonds. The van der Waals surface area contributed by atoms with Crippen molar-refractivity contribution in [1.82, 2.24) is 0 Å². The van der Waals surface area contributed by atoms with Crippen LogP contribution in [0.4, 0.5) is 0 Å². The van der Waals surface area contributed by atoms with Gasteiger partial charge in [0.15, 0.2) is 5.92 Å². The number of carbonyl (C=O) groups excluding carboxylic acids is 2. The minimum atomic E-state index is -1.09. The van der Waals surface area contributed by atoms with Gasteiger partial charge in [-0.3, -0.25) is 9.59 Å². The monoisotopic (exact) mass is 288 g/mol. The maximum absolute atomic E-state index is 12.5. The minimum Gasteiger partial charge on any atom is -0.422 e. The van der Waals surface area contributed by atoms with Gasteiger partial charge in [-0.2, -0.15) is 0 Å². The van der Waals surface area contributed by atoms with Crippen LogP contribution in [0.5, 0.6) is 0 Å². The molecule has 5 saturated carbocycles. The Labute approximate surface area is 123 Å². The lowest BCUT2D eigenvalue weighted by atomic mass is 9.55. The number of ether oxygens (including phenoxy) is 2. The summed E-state index contributed by atoms with van der Waals surface area (Å²) in [6.07, 6.45) is 2.74. The van der Waals surface area contributed by atoms with Crippen LogP contribution in [0, 0.1) is 59.2 Å². The highest BCUT2D eigenvalue weighted by molar-refractivity contribution is 5.97. The Hall–Kier alpha value is -1.06. The maximum atomic E-state index is 12.5. The SMILES string of the molecule is CC1(C)OC(=O)C([C@H]2[C@@H]3[C@@H]4C[C@@H]5[C@H]6[C@H]4C[C@H]3[C@H]6[C@H]52)C(=O)O1. The molecule has 21 heavy (non-hydrogen) atoms. The van der Waals surface area contributed by atoms with E-state index in [1.807, 2.05) is 0 Å². The Morgan fingerprint density at radius 2 is 1.24 bits per heavy atom. The standard InChI is InChI=1S/C17H20O4/c1-17(2)20-15(18)14(16(19)21-17)13-10-6-4-7-9-5(6)3-8(10)11(9)12(7)13/h5-14H,3-4H2,1-2H3/t5-,6+,7+,8+,9+,10+,11+,12-,13-/m0/s1. The predicted molar refractivity (Wildman–Crippen MR) is 70.4 cm³/mol. The van der Waals surface area contributed by atoms with Crippen LogP contribution in [0.15, 0.2) is 0 Å². The van der Waals surface area contributed by atoms with Crippen LogP contribution in [0.25, 0.3) is 0 Å². The molecule has 2 bridgehead atoms. The van der Waals surface area contributed by atoms with E-state index in [2.05, 4.69) is 0 Å². The Morgan fingerprint density at radius 3 is 1.81 bits per heavy atom. The van der Waals surface area contributed by atoms with E-state index in [4.69, 9.17) is 9.47 Å². The van der Waals surface area contributed by atoms with Gasteiger partial charge in [-0.15, -0.1) is 0 Å². The highest BCUT2D eigenvalue weighted by Gasteiger charge is 2.82. The first-order valence-electron chi connectivity index (χ1n) is 8.44. The summed E-state index contributed by atoms with van der Waals surface area (Å²) in [5.74, 6) is 4.14. The third kappa shape index (κ3) is 1.02. The molecule has 5 aliphatic carbocycles. The summed E-state index contributed by atoms with van der Waals surface area (Å²) in [5, 5.41) is 0. The number of esters is 2. The summed E-state index contributed by atoms with van der Waals surface area (Å²) in [5.41, 5.74) is 0. The van der Waals surface area contributed by atoms with Crippen molar-refractivity contribution in [1.29, 1.82) is 0 Å². The number of cyclic esters (lactones) is 2. The van der Waals surface area contributed by atoms with E-state index in [0.717, 1.165) is 35.5 Å². The Balaban J connectivity index is 1.41. The van der Waals surface area contributed by atoms with Gasteiger partial charge in [0.2, 0.25) is 0 Å². The lowest BCUT2D eigenvalue weighted by Gasteiger charge is -2.49. The van der Waals surface area contributed by atoms with Gasteiger partial charge in [0.05, 0.1) is 0 Å². The first-order chi connectivity index (χ1) is 9.98. The fourth-order valence-corrected chi connectivity index (χ4v) is 8.04. The zero-order valence-corrected chi connectivity index (χ0v) is 12.3. The largest absolute Gasteiger partial charge is 0.422 e. The molecule has 0 spiro atoms. The van der Waals surface area contributed by atoms with Crippen LogP contribution in [0.1, 0.15) is 26.7 Å². The van der Waals surface area contributed by atoms with E-state index in [0.29, 0.717) is 11.8 Å². The van der Waals surface area contributed by atoms with E-state index in [1.54, 1.807) is 13.8 Å². The summed E-state index contributed by atoms with van der Waals surface area (Å²) >= 11 is 0. The van der Waals surface area contributed by atoms with Crippen LogP contribution in [0.3, 0.4) is 0 Å². The van der Waals surface area contributed by atoms with Gasteiger partial charge >= 0.3 is 11.9 Å². The Morgan fingerprint density at radius 1 is 0.762 bits per heavy atom. The van der Waals surface area contributed by atoms with Crippen LogP contribution in [-0.2, 0) is 19.1 Å². The molecule has 0 aromatic carbocycles. The molecular formula is C17H20O4. The van der Waals surface area contributed by atoms with Crippen LogP contribution in [0.2, 0.25) is 0 Å². The van der Waals surface area contributed by atoms with Gasteiger partial charge in [0, 0.05) is 13.8 Å². The van der Waals surface area contributed by atoms with E-state index >= 15 is 0 Å². The van der Waals surface area contributed by atoms with Crippen molar-refractivity contribution >= 4 is 11.9 Å². The lowest BCUT2D eigenvalue weighted by Crippen LogP contribution is -2.54. The summed E-state index contributed by atoms with van der Waals surface area (Å²) in [6.45, 7) is 3.28. The third-order valence-electron chi connectivity index (χ3n) is 7.97. The maximum Gasteiger partial charge on any atom is 0.323 e. The molecule has 9 atom stereocenters. The quantitative estimate of drug-likeness (QED) is 0.545. The van der Waals surface area contributed by atoms with Crippen molar-refractivity contribution in [3.05, 3.63) is 0 Å². The first kappa shape index (κ1) is 11.5. The van der Waals surface area contributed by atoms with E-state index in [9.17, 15) is 9.59 Å². The number of fused-ring (bicyclic) bond motifs is 2. The Bertz CT molecular complexity index is 570. The van der Waals surface area contributed by atoms with Gasteiger partial charge in [-0.05, 0) is 66.1 Å². The number of hydrogen-bond donors (Lipinski definition) is 0. The summed E-state index contributed by atoms with van der Waals surface area (Å²) in [4.78, 5) is 25.0. The summed E-state index contributed by atoms with van der Waals surface area (Å²) in [6, 6.07) is 0. The van der Waals surface area contributed by atoms with Gasteiger partial charge in [-0.25, -0.2) is 0 Å². The molecule has 0 N–H and O–H groups in total. The highest BCUT2D eigenvalue weighted by atomic mass is 16.7. The molecule has 1 heterocycles. The zero-order valence-electron chi connectivity index (χ0n) is 12.3. The van der Waals surface area contributed by atoms with Crippen molar-refractivity contribution in [3.8, 4) is 0 Å². The van der Waals surface area contributed by atoms with Crippen molar-refractivity contribution in [2.75, 3.05) is 0 Å². The molecule has 6 fully saturated rings. The van der Waals surface area contributed by atoms with Crippen molar-refractivity contribution in [2.24, 2.45) is 59.2 Å². The van der Waals surface area contributed by atoms with Crippen LogP contribution < -0.4 is 0 Å². The molecule has 112 valence electrons. The molecule has 4 heteroatoms. The number of carbonyl (C=O) groups is 2. The third-order valence-corrected chi connectivity index (χ3v) is 7.97. The molecular weight excluding hydrogens is 268 g/mol. The molecule has 4 nitrogen and oxygen atoms in total. The molecule has 6 rings (SSSR count). The van der Waals surface area contributed by atoms with Crippen molar-refractivity contribution in [2.45, 2.75) is 32.5 Å². The summed E-state index contributed by atoms with van der Waals surface area (Å²) in [7, 11) is 0. The minimum absolute atomic E-state index is 0.226. The summed E-state index contributed by atoms with van der Waals surface area (Å²) < 4.78 is 10.8. The predicted octanol–water partition coefficient (Wildman–Crippen LogP) is 1.83. The van der Waals surface area contributed by atoms with E-state index in [-0.39, 0.29) is 17.9 Å². The average Bonchev–Trinajstić information content (AvgIpc) is 2.85. The fourth-order valence-electron chi connectivity index (χ4n) is 8.04. The van der Waals surface area contributed by atoms with Crippen LogP contribution in [-0.4, -0.2) is 17.7 Å². The zero-order chi connectivity index (χ0) is 14.3. The van der Waals surface area contributed by atoms with Crippen LogP contribution >= 0.6 is 0 Å². The second kappa shape index (κ2) is 3.02. The van der Waals surface area contributed by atoms with Gasteiger partial charge in [-0.1, -0.05) is 0 Å². The lowest BCUT2D eigenvalue weighted by molar-refractivity contribution is -0.246. The molecule has 6 aliphatic rings. The Kier molecular flexibility index (Phi) is 1.65. The number of rotatable bonds is 1. The normalized spacial score (nSPS) is 61.1. The molecule has 1 aliphatic heterocycles. The highest BCUT2D eigenvalue weighted by Crippen LogP contribution is 2.85. The van der Waals surface area contributed by atoms with E-state index < -0.39 is 11.7 Å². The second-order valence-electron chi connectivity index (χ2n) is 8.73. The average molecular weight is 288 g/mol. The molecule has 0 unspecified atom stereocenters. The smallest absolute Gasteiger partial charge is 0.323 e. The molecule has 0 aromatic heterocycles. The van der Waals surface area contributed by atoms with Gasteiger partial charge in [0.1, 0.15) is 0 Å².